The molecule has 0 bridgehead atoms. The van der Waals surface area contributed by atoms with E-state index in [-0.39, 0.29) is 30.8 Å². The molecule has 1 aliphatic rings. The number of carbonyl (C=O) groups is 2. The molecule has 18 heavy (non-hydrogen) atoms. The molecule has 6 nitrogen and oxygen atoms in total. The average Bonchev–Trinajstić information content (AvgIpc) is 2.68. The molecular formula is C12H22N2O4. The number of methoxy groups -OCH3 is 1. The van der Waals surface area contributed by atoms with E-state index in [1.54, 1.807) is 25.9 Å². The second-order valence-corrected chi connectivity index (χ2v) is 5.26. The third-order valence-corrected chi connectivity index (χ3v) is 3.01. The predicted octanol–water partition coefficient (Wildman–Crippen LogP) is -0.632. The van der Waals surface area contributed by atoms with E-state index >= 15 is 0 Å². The van der Waals surface area contributed by atoms with Crippen LogP contribution in [0.25, 0.3) is 0 Å². The number of ether oxygens (including phenoxy) is 1. The number of rotatable bonds is 6. The topological polar surface area (TPSA) is 78.9 Å². The van der Waals surface area contributed by atoms with Gasteiger partial charge < -0.3 is 20.1 Å². The van der Waals surface area contributed by atoms with Crippen molar-refractivity contribution in [3.63, 3.8) is 0 Å². The number of hydrogen-bond donors (Lipinski definition) is 2. The zero-order chi connectivity index (χ0) is 13.8. The number of hydrogen-bond acceptors (Lipinski definition) is 4. The highest BCUT2D eigenvalue weighted by atomic mass is 16.5. The fourth-order valence-electron chi connectivity index (χ4n) is 1.84. The van der Waals surface area contributed by atoms with Crippen LogP contribution >= 0.6 is 0 Å². The zero-order valence-corrected chi connectivity index (χ0v) is 11.2. The molecule has 0 spiro atoms. The third kappa shape index (κ3) is 3.96. The van der Waals surface area contributed by atoms with Gasteiger partial charge in [-0.05, 0) is 13.8 Å². The number of aliphatic hydroxyl groups is 1. The Kier molecular flexibility index (Phi) is 5.10. The van der Waals surface area contributed by atoms with Gasteiger partial charge in [-0.15, -0.1) is 0 Å². The lowest BCUT2D eigenvalue weighted by atomic mass is 10.0. The molecule has 6 heteroatoms. The first-order chi connectivity index (χ1) is 8.39. The van der Waals surface area contributed by atoms with Crippen LogP contribution in [0.15, 0.2) is 0 Å². The standard InChI is InChI=1S/C12H22N2O4/c1-12(2,8-15)13-11(17)9-6-10(16)14(7-9)4-5-18-3/h9,15H,4-8H2,1-3H3,(H,13,17). The molecule has 1 saturated heterocycles. The monoisotopic (exact) mass is 258 g/mol. The van der Waals surface area contributed by atoms with Gasteiger partial charge in [0, 0.05) is 26.6 Å². The number of likely N-dealkylation sites (tertiary alicyclic amines) is 1. The smallest absolute Gasteiger partial charge is 0.225 e. The minimum Gasteiger partial charge on any atom is -0.394 e. The van der Waals surface area contributed by atoms with Crippen LogP contribution in [0, 0.1) is 5.92 Å². The molecule has 104 valence electrons. The summed E-state index contributed by atoms with van der Waals surface area (Å²) in [6.45, 7) is 4.77. The highest BCUT2D eigenvalue weighted by Gasteiger charge is 2.35. The van der Waals surface area contributed by atoms with Crippen LogP contribution in [0.2, 0.25) is 0 Å². The molecule has 1 aliphatic heterocycles. The first-order valence-electron chi connectivity index (χ1n) is 6.09. The summed E-state index contributed by atoms with van der Waals surface area (Å²) >= 11 is 0. The molecule has 2 N–H and O–H groups in total. The molecule has 0 radical (unpaired) electrons. The summed E-state index contributed by atoms with van der Waals surface area (Å²) in [5, 5.41) is 11.8. The van der Waals surface area contributed by atoms with E-state index in [0.717, 1.165) is 0 Å². The normalized spacial score (nSPS) is 20.3. The van der Waals surface area contributed by atoms with Crippen LogP contribution in [0.1, 0.15) is 20.3 Å². The van der Waals surface area contributed by atoms with E-state index in [2.05, 4.69) is 5.32 Å². The molecule has 0 aromatic heterocycles. The molecule has 1 atom stereocenters. The van der Waals surface area contributed by atoms with Gasteiger partial charge >= 0.3 is 0 Å². The molecule has 0 saturated carbocycles. The fourth-order valence-corrected chi connectivity index (χ4v) is 1.84. The van der Waals surface area contributed by atoms with Gasteiger partial charge in [0.15, 0.2) is 0 Å². The van der Waals surface area contributed by atoms with Gasteiger partial charge in [-0.25, -0.2) is 0 Å². The van der Waals surface area contributed by atoms with Crippen molar-refractivity contribution in [1.82, 2.24) is 10.2 Å². The van der Waals surface area contributed by atoms with E-state index in [4.69, 9.17) is 9.84 Å². The lowest BCUT2D eigenvalue weighted by Gasteiger charge is -2.25. The number of nitrogens with one attached hydrogen (secondary N) is 1. The van der Waals surface area contributed by atoms with Crippen molar-refractivity contribution in [2.75, 3.05) is 33.4 Å². The summed E-state index contributed by atoms with van der Waals surface area (Å²) in [5.74, 6) is -0.531. The molecule has 0 aromatic rings. The summed E-state index contributed by atoms with van der Waals surface area (Å²) in [7, 11) is 1.58. The van der Waals surface area contributed by atoms with E-state index in [1.807, 2.05) is 0 Å². The minimum atomic E-state index is -0.653. The van der Waals surface area contributed by atoms with Gasteiger partial charge in [-0.1, -0.05) is 0 Å². The minimum absolute atomic E-state index is 0.0194. The van der Waals surface area contributed by atoms with E-state index < -0.39 is 5.54 Å². The summed E-state index contributed by atoms with van der Waals surface area (Å²) in [4.78, 5) is 25.3. The second kappa shape index (κ2) is 6.15. The molecule has 1 rings (SSSR count). The van der Waals surface area contributed by atoms with Crippen molar-refractivity contribution in [2.24, 2.45) is 5.92 Å². The van der Waals surface area contributed by atoms with E-state index in [1.165, 1.54) is 0 Å². The molecule has 1 fully saturated rings. The van der Waals surface area contributed by atoms with Gasteiger partial charge in [-0.2, -0.15) is 0 Å². The first-order valence-corrected chi connectivity index (χ1v) is 6.09. The summed E-state index contributed by atoms with van der Waals surface area (Å²) < 4.78 is 4.92. The van der Waals surface area contributed by atoms with Crippen molar-refractivity contribution < 1.29 is 19.4 Å². The maximum absolute atomic E-state index is 12.0. The lowest BCUT2D eigenvalue weighted by Crippen LogP contribution is -2.49. The maximum atomic E-state index is 12.0. The second-order valence-electron chi connectivity index (χ2n) is 5.26. The van der Waals surface area contributed by atoms with Crippen LogP contribution in [0.5, 0.6) is 0 Å². The first kappa shape index (κ1) is 14.9. The van der Waals surface area contributed by atoms with Crippen molar-refractivity contribution in [1.29, 1.82) is 0 Å². The average molecular weight is 258 g/mol. The molecule has 0 aliphatic carbocycles. The Morgan fingerprint density at radius 1 is 1.61 bits per heavy atom. The van der Waals surface area contributed by atoms with Crippen LogP contribution in [-0.2, 0) is 14.3 Å². The summed E-state index contributed by atoms with van der Waals surface area (Å²) in [6.07, 6.45) is 0.233. The van der Waals surface area contributed by atoms with Crippen molar-refractivity contribution >= 4 is 11.8 Å². The Hall–Kier alpha value is -1.14. The van der Waals surface area contributed by atoms with Crippen molar-refractivity contribution in [3.8, 4) is 0 Å². The molecule has 2 amide bonds. The molecule has 1 heterocycles. The summed E-state index contributed by atoms with van der Waals surface area (Å²) in [6, 6.07) is 0. The van der Waals surface area contributed by atoms with Gasteiger partial charge in [0.2, 0.25) is 11.8 Å². The lowest BCUT2D eigenvalue weighted by molar-refractivity contribution is -0.129. The van der Waals surface area contributed by atoms with Crippen molar-refractivity contribution in [3.05, 3.63) is 0 Å². The fraction of sp³-hybridized carbons (Fsp3) is 0.833. The zero-order valence-electron chi connectivity index (χ0n) is 11.2. The van der Waals surface area contributed by atoms with Crippen molar-refractivity contribution in [2.45, 2.75) is 25.8 Å². The SMILES string of the molecule is COCCN1CC(C(=O)NC(C)(C)CO)CC1=O. The van der Waals surface area contributed by atoms with Crippen LogP contribution < -0.4 is 5.32 Å². The maximum Gasteiger partial charge on any atom is 0.225 e. The summed E-state index contributed by atoms with van der Waals surface area (Å²) in [5.41, 5.74) is -0.653. The molecular weight excluding hydrogens is 236 g/mol. The third-order valence-electron chi connectivity index (χ3n) is 3.01. The number of aliphatic hydroxyl groups excluding tert-OH is 1. The Morgan fingerprint density at radius 2 is 2.28 bits per heavy atom. The van der Waals surface area contributed by atoms with Gasteiger partial charge in [0.05, 0.1) is 24.7 Å². The number of carbonyl (C=O) groups excluding carboxylic acids is 2. The Balaban J connectivity index is 2.49. The Morgan fingerprint density at radius 3 is 2.83 bits per heavy atom. The Bertz CT molecular complexity index is 317. The number of amides is 2. The molecule has 1 unspecified atom stereocenters. The molecule has 0 aromatic carbocycles. The van der Waals surface area contributed by atoms with Gasteiger partial charge in [0.1, 0.15) is 0 Å². The van der Waals surface area contributed by atoms with Gasteiger partial charge in [-0.3, -0.25) is 9.59 Å². The van der Waals surface area contributed by atoms with Crippen LogP contribution in [-0.4, -0.2) is 60.8 Å². The largest absolute Gasteiger partial charge is 0.394 e. The highest BCUT2D eigenvalue weighted by Crippen LogP contribution is 2.18. The number of nitrogens with zero attached hydrogens (tertiary/aromatic N) is 1. The van der Waals surface area contributed by atoms with Crippen LogP contribution in [0.3, 0.4) is 0 Å². The van der Waals surface area contributed by atoms with E-state index in [0.29, 0.717) is 19.7 Å². The van der Waals surface area contributed by atoms with Crippen LogP contribution in [0.4, 0.5) is 0 Å². The predicted molar refractivity (Wildman–Crippen MR) is 65.9 cm³/mol. The Labute approximate surface area is 107 Å². The van der Waals surface area contributed by atoms with E-state index in [9.17, 15) is 9.59 Å². The van der Waals surface area contributed by atoms with Gasteiger partial charge in [0.25, 0.3) is 0 Å². The highest BCUT2D eigenvalue weighted by molar-refractivity contribution is 5.89. The quantitative estimate of drug-likeness (QED) is 0.665.